The highest BCUT2D eigenvalue weighted by Gasteiger charge is 2.54. The molecule has 1 aliphatic carbocycles. The maximum Gasteiger partial charge on any atom is 0.166 e. The van der Waals surface area contributed by atoms with E-state index in [0.29, 0.717) is 6.42 Å². The summed E-state index contributed by atoms with van der Waals surface area (Å²) in [7, 11) is 3.84. The Morgan fingerprint density at radius 2 is 2.29 bits per heavy atom. The highest BCUT2D eigenvalue weighted by Crippen LogP contribution is 2.55. The number of ether oxygens (including phenoxy) is 2. The third-order valence-electron chi connectivity index (χ3n) is 5.13. The normalized spacial score (nSPS) is 33.3. The Kier molecular flexibility index (Phi) is 2.66. The minimum atomic E-state index is -0.419. The summed E-state index contributed by atoms with van der Waals surface area (Å²) >= 11 is 0. The molecule has 1 aromatic carbocycles. The Bertz CT molecular complexity index is 639. The summed E-state index contributed by atoms with van der Waals surface area (Å²) in [5, 5.41) is 9.97. The zero-order chi connectivity index (χ0) is 14.8. The molecule has 0 fully saturated rings. The Labute approximate surface area is 125 Å². The zero-order valence-electron chi connectivity index (χ0n) is 12.7. The number of aryl methyl sites for hydroxylation is 1. The van der Waals surface area contributed by atoms with Gasteiger partial charge < -0.3 is 19.5 Å². The van der Waals surface area contributed by atoms with Crippen LogP contribution in [0.1, 0.15) is 23.1 Å². The van der Waals surface area contributed by atoms with Gasteiger partial charge in [0.25, 0.3) is 0 Å². The molecule has 4 heteroatoms. The van der Waals surface area contributed by atoms with E-state index in [-0.39, 0.29) is 11.5 Å². The van der Waals surface area contributed by atoms with Gasteiger partial charge in [-0.2, -0.15) is 0 Å². The molecule has 21 heavy (non-hydrogen) atoms. The predicted octanol–water partition coefficient (Wildman–Crippen LogP) is 1.77. The van der Waals surface area contributed by atoms with Gasteiger partial charge in [0.2, 0.25) is 0 Å². The summed E-state index contributed by atoms with van der Waals surface area (Å²) in [5.74, 6) is 1.70. The highest BCUT2D eigenvalue weighted by molar-refractivity contribution is 5.63. The number of rotatable bonds is 1. The van der Waals surface area contributed by atoms with Crippen LogP contribution in [0, 0.1) is 6.92 Å². The molecule has 2 heterocycles. The van der Waals surface area contributed by atoms with Crippen molar-refractivity contribution >= 4 is 0 Å². The highest BCUT2D eigenvalue weighted by atomic mass is 16.5. The Hall–Kier alpha value is -1.52. The molecule has 4 rings (SSSR count). The molecule has 1 N–H and O–H groups in total. The van der Waals surface area contributed by atoms with Gasteiger partial charge in [0, 0.05) is 25.1 Å². The summed E-state index contributed by atoms with van der Waals surface area (Å²) in [4.78, 5) is 2.34. The van der Waals surface area contributed by atoms with E-state index in [1.807, 2.05) is 6.08 Å². The van der Waals surface area contributed by atoms with Crippen molar-refractivity contribution in [2.75, 3.05) is 20.7 Å². The molecule has 3 aliphatic rings. The zero-order valence-corrected chi connectivity index (χ0v) is 12.7. The molecule has 4 nitrogen and oxygen atoms in total. The van der Waals surface area contributed by atoms with Crippen molar-refractivity contribution in [3.8, 4) is 11.5 Å². The second-order valence-electron chi connectivity index (χ2n) is 6.56. The van der Waals surface area contributed by atoms with E-state index in [9.17, 15) is 5.11 Å². The lowest BCUT2D eigenvalue weighted by Gasteiger charge is -2.42. The van der Waals surface area contributed by atoms with Crippen molar-refractivity contribution in [3.05, 3.63) is 34.9 Å². The second-order valence-corrected chi connectivity index (χ2v) is 6.56. The van der Waals surface area contributed by atoms with Crippen molar-refractivity contribution in [3.63, 3.8) is 0 Å². The number of hydrogen-bond acceptors (Lipinski definition) is 4. The van der Waals surface area contributed by atoms with Crippen LogP contribution in [0.25, 0.3) is 0 Å². The molecule has 112 valence electrons. The lowest BCUT2D eigenvalue weighted by Crippen LogP contribution is -2.51. The van der Waals surface area contributed by atoms with Crippen LogP contribution in [0.2, 0.25) is 0 Å². The SMILES string of the molecule is COc1cc(C)c2c3c1OC1C[C@H](O)C=CC31CN(C)C2. The molecular formula is C17H21NO3. The fraction of sp³-hybridized carbons (Fsp3) is 0.529. The molecule has 1 spiro atoms. The number of aliphatic hydroxyl groups is 1. The van der Waals surface area contributed by atoms with E-state index in [0.717, 1.165) is 24.6 Å². The van der Waals surface area contributed by atoms with Gasteiger partial charge >= 0.3 is 0 Å². The van der Waals surface area contributed by atoms with E-state index in [4.69, 9.17) is 9.47 Å². The van der Waals surface area contributed by atoms with E-state index in [2.05, 4.69) is 31.0 Å². The molecule has 0 amide bonds. The number of hydrogen-bond donors (Lipinski definition) is 1. The Morgan fingerprint density at radius 3 is 3.05 bits per heavy atom. The number of nitrogens with zero attached hydrogens (tertiary/aromatic N) is 1. The van der Waals surface area contributed by atoms with Crippen LogP contribution in [0.5, 0.6) is 11.5 Å². The summed E-state index contributed by atoms with van der Waals surface area (Å²) in [5.41, 5.74) is 3.74. The van der Waals surface area contributed by atoms with Crippen LogP contribution in [0.15, 0.2) is 18.2 Å². The minimum absolute atomic E-state index is 0.00954. The largest absolute Gasteiger partial charge is 0.493 e. The van der Waals surface area contributed by atoms with E-state index in [1.54, 1.807) is 7.11 Å². The standard InChI is InChI=1S/C17H21NO3/c1-10-6-13(20-3)16-15-12(10)8-18(2)9-17(15)5-4-11(19)7-14(17)21-16/h4-6,11,14,19H,7-9H2,1-3H3/t11-,14?,17?/m1/s1. The first-order valence-electron chi connectivity index (χ1n) is 7.49. The van der Waals surface area contributed by atoms with Gasteiger partial charge in [-0.3, -0.25) is 0 Å². The summed E-state index contributed by atoms with van der Waals surface area (Å²) in [6.07, 6.45) is 4.30. The lowest BCUT2D eigenvalue weighted by atomic mass is 9.68. The van der Waals surface area contributed by atoms with Gasteiger partial charge in [-0.05, 0) is 31.2 Å². The fourth-order valence-electron chi connectivity index (χ4n) is 4.22. The maximum absolute atomic E-state index is 9.97. The van der Waals surface area contributed by atoms with Gasteiger partial charge in [0.1, 0.15) is 6.10 Å². The summed E-state index contributed by atoms with van der Waals surface area (Å²) in [6.45, 7) is 4.00. The van der Waals surface area contributed by atoms with E-state index in [1.165, 1.54) is 16.7 Å². The summed E-state index contributed by atoms with van der Waals surface area (Å²) in [6, 6.07) is 2.07. The average molecular weight is 287 g/mol. The van der Waals surface area contributed by atoms with Crippen LogP contribution in [0.4, 0.5) is 0 Å². The first-order valence-corrected chi connectivity index (χ1v) is 7.49. The molecule has 0 radical (unpaired) electrons. The lowest BCUT2D eigenvalue weighted by molar-refractivity contribution is 0.0695. The second kappa shape index (κ2) is 4.24. The molecule has 3 atom stereocenters. The topological polar surface area (TPSA) is 41.9 Å². The summed E-state index contributed by atoms with van der Waals surface area (Å²) < 4.78 is 11.8. The third-order valence-corrected chi connectivity index (χ3v) is 5.13. The quantitative estimate of drug-likeness (QED) is 0.799. The maximum atomic E-state index is 9.97. The van der Waals surface area contributed by atoms with Crippen molar-refractivity contribution in [2.24, 2.45) is 0 Å². The predicted molar refractivity (Wildman–Crippen MR) is 79.9 cm³/mol. The molecule has 2 unspecified atom stereocenters. The number of likely N-dealkylation sites (N-methyl/N-ethyl adjacent to an activating group) is 1. The van der Waals surface area contributed by atoms with Crippen LogP contribution < -0.4 is 9.47 Å². The monoisotopic (exact) mass is 287 g/mol. The van der Waals surface area contributed by atoms with Crippen molar-refractivity contribution in [2.45, 2.75) is 37.5 Å². The minimum Gasteiger partial charge on any atom is -0.493 e. The van der Waals surface area contributed by atoms with Crippen LogP contribution in [-0.4, -0.2) is 42.9 Å². The molecule has 0 bridgehead atoms. The van der Waals surface area contributed by atoms with Gasteiger partial charge in [0.05, 0.1) is 18.6 Å². The Balaban J connectivity index is 2.00. The Morgan fingerprint density at radius 1 is 1.48 bits per heavy atom. The molecule has 2 aliphatic heterocycles. The van der Waals surface area contributed by atoms with Crippen LogP contribution in [0.3, 0.4) is 0 Å². The van der Waals surface area contributed by atoms with E-state index >= 15 is 0 Å². The van der Waals surface area contributed by atoms with Crippen molar-refractivity contribution in [1.82, 2.24) is 4.90 Å². The van der Waals surface area contributed by atoms with Gasteiger partial charge in [-0.15, -0.1) is 0 Å². The van der Waals surface area contributed by atoms with Gasteiger partial charge in [-0.25, -0.2) is 0 Å². The van der Waals surface area contributed by atoms with Crippen molar-refractivity contribution < 1.29 is 14.6 Å². The number of methoxy groups -OCH3 is 1. The van der Waals surface area contributed by atoms with Crippen LogP contribution >= 0.6 is 0 Å². The van der Waals surface area contributed by atoms with Crippen LogP contribution in [-0.2, 0) is 12.0 Å². The first-order chi connectivity index (χ1) is 10.0. The van der Waals surface area contributed by atoms with Gasteiger partial charge in [-0.1, -0.05) is 12.2 Å². The number of aliphatic hydroxyl groups excluding tert-OH is 1. The molecule has 0 saturated heterocycles. The van der Waals surface area contributed by atoms with Gasteiger partial charge in [0.15, 0.2) is 11.5 Å². The molecule has 0 aromatic heterocycles. The first kappa shape index (κ1) is 13.2. The van der Waals surface area contributed by atoms with E-state index < -0.39 is 6.10 Å². The fourth-order valence-corrected chi connectivity index (χ4v) is 4.22. The average Bonchev–Trinajstić information content (AvgIpc) is 2.77. The van der Waals surface area contributed by atoms with Crippen molar-refractivity contribution in [1.29, 1.82) is 0 Å². The molecule has 0 saturated carbocycles. The number of benzene rings is 1. The molecule has 1 aromatic rings. The molecular weight excluding hydrogens is 266 g/mol. The smallest absolute Gasteiger partial charge is 0.166 e. The third kappa shape index (κ3) is 1.63.